The molecule has 1 N–H and O–H groups in total. The number of hydrogen-bond donors (Lipinski definition) is 1. The summed E-state index contributed by atoms with van der Waals surface area (Å²) >= 11 is 0. The molecule has 0 fully saturated rings. The molecule has 0 amide bonds. The molecule has 2 unspecified atom stereocenters. The standard InChI is InChI=1S/C21H22O/c1-2-21(22)20-9-5-8-16-18-11-10-14-6-3-4-7-15(14)17(18)12-13-19(16)20/h3-4,6-7,10-13,20-22H,2,5,8-9H2,1H3. The fourth-order valence-electron chi connectivity index (χ4n) is 4.13. The number of fused-ring (bicyclic) bond motifs is 5. The summed E-state index contributed by atoms with van der Waals surface area (Å²) in [6, 6.07) is 17.6. The molecule has 0 aromatic heterocycles. The predicted octanol–water partition coefficient (Wildman–Crippen LogP) is 5.18. The lowest BCUT2D eigenvalue weighted by Crippen LogP contribution is -2.22. The van der Waals surface area contributed by atoms with Gasteiger partial charge >= 0.3 is 0 Å². The van der Waals surface area contributed by atoms with Crippen molar-refractivity contribution in [3.8, 4) is 0 Å². The topological polar surface area (TPSA) is 20.2 Å². The second-order valence-corrected chi connectivity index (χ2v) is 6.49. The summed E-state index contributed by atoms with van der Waals surface area (Å²) in [5.41, 5.74) is 2.84. The van der Waals surface area contributed by atoms with Gasteiger partial charge in [0.25, 0.3) is 0 Å². The van der Waals surface area contributed by atoms with E-state index in [1.165, 1.54) is 39.1 Å². The van der Waals surface area contributed by atoms with Crippen LogP contribution in [0.2, 0.25) is 0 Å². The monoisotopic (exact) mass is 290 g/mol. The summed E-state index contributed by atoms with van der Waals surface area (Å²) in [4.78, 5) is 0. The molecule has 1 heteroatoms. The molecular formula is C21H22O. The van der Waals surface area contributed by atoms with Crippen molar-refractivity contribution >= 4 is 21.5 Å². The van der Waals surface area contributed by atoms with Crippen LogP contribution in [0.15, 0.2) is 48.5 Å². The minimum absolute atomic E-state index is 0.211. The van der Waals surface area contributed by atoms with Crippen molar-refractivity contribution in [3.63, 3.8) is 0 Å². The van der Waals surface area contributed by atoms with Gasteiger partial charge in [0.15, 0.2) is 0 Å². The van der Waals surface area contributed by atoms with Crippen LogP contribution in [0.4, 0.5) is 0 Å². The molecule has 0 heterocycles. The average Bonchev–Trinajstić information content (AvgIpc) is 2.59. The lowest BCUT2D eigenvalue weighted by Gasteiger charge is -2.30. The zero-order chi connectivity index (χ0) is 15.1. The van der Waals surface area contributed by atoms with Gasteiger partial charge in [0.1, 0.15) is 0 Å². The molecule has 0 saturated heterocycles. The fraction of sp³-hybridized carbons (Fsp3) is 0.333. The Labute approximate surface area is 131 Å². The molecule has 3 aromatic rings. The first-order valence-corrected chi connectivity index (χ1v) is 8.41. The number of aliphatic hydroxyl groups is 1. The molecule has 112 valence electrons. The average molecular weight is 290 g/mol. The summed E-state index contributed by atoms with van der Waals surface area (Å²) in [6.07, 6.45) is 4.05. The quantitative estimate of drug-likeness (QED) is 0.644. The largest absolute Gasteiger partial charge is 0.393 e. The Morgan fingerprint density at radius 2 is 1.82 bits per heavy atom. The van der Waals surface area contributed by atoms with Gasteiger partial charge < -0.3 is 5.11 Å². The molecule has 3 aromatic carbocycles. The van der Waals surface area contributed by atoms with Gasteiger partial charge in [-0.15, -0.1) is 0 Å². The molecule has 0 radical (unpaired) electrons. The van der Waals surface area contributed by atoms with Crippen LogP contribution in [0.1, 0.15) is 43.2 Å². The van der Waals surface area contributed by atoms with Gasteiger partial charge in [-0.1, -0.05) is 55.5 Å². The van der Waals surface area contributed by atoms with E-state index in [0.717, 1.165) is 19.3 Å². The van der Waals surface area contributed by atoms with Crippen LogP contribution in [0, 0.1) is 0 Å². The third-order valence-corrected chi connectivity index (χ3v) is 5.30. The van der Waals surface area contributed by atoms with E-state index < -0.39 is 0 Å². The van der Waals surface area contributed by atoms with Gasteiger partial charge in [-0.05, 0) is 58.4 Å². The van der Waals surface area contributed by atoms with Crippen molar-refractivity contribution in [2.75, 3.05) is 0 Å². The fourth-order valence-corrected chi connectivity index (χ4v) is 4.13. The molecule has 1 nitrogen and oxygen atoms in total. The molecule has 0 aliphatic heterocycles. The van der Waals surface area contributed by atoms with Crippen molar-refractivity contribution in [1.82, 2.24) is 0 Å². The number of rotatable bonds is 2. The van der Waals surface area contributed by atoms with E-state index in [-0.39, 0.29) is 6.10 Å². The van der Waals surface area contributed by atoms with Crippen LogP contribution in [-0.4, -0.2) is 11.2 Å². The number of aliphatic hydroxyl groups excluding tert-OH is 1. The van der Waals surface area contributed by atoms with E-state index in [1.54, 1.807) is 0 Å². The van der Waals surface area contributed by atoms with Gasteiger partial charge in [-0.2, -0.15) is 0 Å². The van der Waals surface area contributed by atoms with Crippen molar-refractivity contribution < 1.29 is 5.11 Å². The van der Waals surface area contributed by atoms with Gasteiger partial charge in [-0.3, -0.25) is 0 Å². The van der Waals surface area contributed by atoms with E-state index in [1.807, 2.05) is 0 Å². The minimum Gasteiger partial charge on any atom is -0.393 e. The first-order valence-electron chi connectivity index (χ1n) is 8.41. The normalized spacial score (nSPS) is 19.3. The molecule has 0 saturated carbocycles. The molecule has 1 aliphatic rings. The number of hydrogen-bond acceptors (Lipinski definition) is 1. The predicted molar refractivity (Wildman–Crippen MR) is 93.4 cm³/mol. The summed E-state index contributed by atoms with van der Waals surface area (Å²) < 4.78 is 0. The van der Waals surface area contributed by atoms with Crippen LogP contribution in [-0.2, 0) is 6.42 Å². The maximum absolute atomic E-state index is 10.4. The lowest BCUT2D eigenvalue weighted by atomic mass is 9.77. The Bertz CT molecular complexity index is 834. The first-order chi connectivity index (χ1) is 10.8. The second kappa shape index (κ2) is 5.40. The smallest absolute Gasteiger partial charge is 0.0606 e. The molecule has 1 aliphatic carbocycles. The van der Waals surface area contributed by atoms with Crippen molar-refractivity contribution in [3.05, 3.63) is 59.7 Å². The lowest BCUT2D eigenvalue weighted by molar-refractivity contribution is 0.130. The highest BCUT2D eigenvalue weighted by atomic mass is 16.3. The Kier molecular flexibility index (Phi) is 3.38. The zero-order valence-corrected chi connectivity index (χ0v) is 13.0. The van der Waals surface area contributed by atoms with E-state index >= 15 is 0 Å². The van der Waals surface area contributed by atoms with Crippen LogP contribution >= 0.6 is 0 Å². The third kappa shape index (κ3) is 2.04. The van der Waals surface area contributed by atoms with Gasteiger partial charge in [0.2, 0.25) is 0 Å². The molecule has 0 spiro atoms. The van der Waals surface area contributed by atoms with Crippen molar-refractivity contribution in [2.45, 2.75) is 44.6 Å². The van der Waals surface area contributed by atoms with E-state index in [9.17, 15) is 5.11 Å². The summed E-state index contributed by atoms with van der Waals surface area (Å²) in [7, 11) is 0. The van der Waals surface area contributed by atoms with E-state index in [0.29, 0.717) is 5.92 Å². The van der Waals surface area contributed by atoms with Gasteiger partial charge in [0, 0.05) is 5.92 Å². The van der Waals surface area contributed by atoms with Gasteiger partial charge in [-0.25, -0.2) is 0 Å². The van der Waals surface area contributed by atoms with E-state index in [2.05, 4.69) is 55.5 Å². The zero-order valence-electron chi connectivity index (χ0n) is 13.0. The van der Waals surface area contributed by atoms with Crippen LogP contribution in [0.3, 0.4) is 0 Å². The van der Waals surface area contributed by atoms with Crippen molar-refractivity contribution in [1.29, 1.82) is 0 Å². The van der Waals surface area contributed by atoms with Crippen LogP contribution < -0.4 is 0 Å². The maximum Gasteiger partial charge on any atom is 0.0606 e. The Hall–Kier alpha value is -1.86. The van der Waals surface area contributed by atoms with Crippen LogP contribution in [0.25, 0.3) is 21.5 Å². The first kappa shape index (κ1) is 13.8. The Morgan fingerprint density at radius 3 is 2.68 bits per heavy atom. The molecule has 0 bridgehead atoms. The molecule has 2 atom stereocenters. The molecule has 22 heavy (non-hydrogen) atoms. The Morgan fingerprint density at radius 1 is 1.00 bits per heavy atom. The summed E-state index contributed by atoms with van der Waals surface area (Å²) in [6.45, 7) is 2.08. The molecular weight excluding hydrogens is 268 g/mol. The number of benzene rings is 3. The SMILES string of the molecule is CCC(O)C1CCCc2c1ccc1c2ccc2ccccc21. The van der Waals surface area contributed by atoms with E-state index in [4.69, 9.17) is 0 Å². The maximum atomic E-state index is 10.4. The van der Waals surface area contributed by atoms with Gasteiger partial charge in [0.05, 0.1) is 6.10 Å². The van der Waals surface area contributed by atoms with Crippen LogP contribution in [0.5, 0.6) is 0 Å². The third-order valence-electron chi connectivity index (χ3n) is 5.30. The molecule has 4 rings (SSSR count). The second-order valence-electron chi connectivity index (χ2n) is 6.49. The highest BCUT2D eigenvalue weighted by Gasteiger charge is 2.26. The highest BCUT2D eigenvalue weighted by molar-refractivity contribution is 6.08. The highest BCUT2D eigenvalue weighted by Crippen LogP contribution is 2.40. The van der Waals surface area contributed by atoms with Crippen molar-refractivity contribution in [2.24, 2.45) is 0 Å². The Balaban J connectivity index is 1.98. The summed E-state index contributed by atoms with van der Waals surface area (Å²) in [5, 5.41) is 15.7. The summed E-state index contributed by atoms with van der Waals surface area (Å²) in [5.74, 6) is 0.310. The number of aryl methyl sites for hydroxylation is 1. The minimum atomic E-state index is -0.211.